The molecule has 0 saturated carbocycles. The molecular formula is C15H16O. The highest BCUT2D eigenvalue weighted by Crippen LogP contribution is 2.26. The molecule has 1 aliphatic rings. The Kier molecular flexibility index (Phi) is 3.04. The Balaban J connectivity index is 2.15. The van der Waals surface area contributed by atoms with Gasteiger partial charge in [0.15, 0.2) is 5.78 Å². The third-order valence-corrected chi connectivity index (χ3v) is 3.08. The minimum atomic E-state index is -0.00361. The first-order valence-electron chi connectivity index (χ1n) is 5.65. The minimum absolute atomic E-state index is 0.00361. The molecule has 16 heavy (non-hydrogen) atoms. The van der Waals surface area contributed by atoms with Gasteiger partial charge in [-0.25, -0.2) is 0 Å². The molecule has 1 aliphatic carbocycles. The molecule has 0 heterocycles. The van der Waals surface area contributed by atoms with Gasteiger partial charge in [0.05, 0.1) is 0 Å². The van der Waals surface area contributed by atoms with Crippen LogP contribution in [0.3, 0.4) is 0 Å². The summed E-state index contributed by atoms with van der Waals surface area (Å²) in [5, 5.41) is 0. The molecule has 0 aromatic heterocycles. The van der Waals surface area contributed by atoms with Gasteiger partial charge in [0, 0.05) is 11.5 Å². The van der Waals surface area contributed by atoms with Crippen molar-refractivity contribution in [2.45, 2.75) is 20.3 Å². The summed E-state index contributed by atoms with van der Waals surface area (Å²) in [5.74, 6) is 0.214. The monoisotopic (exact) mass is 212 g/mol. The fraction of sp³-hybridized carbons (Fsp3) is 0.267. The first-order valence-corrected chi connectivity index (χ1v) is 5.65. The topological polar surface area (TPSA) is 17.1 Å². The second kappa shape index (κ2) is 4.48. The Labute approximate surface area is 96.5 Å². The van der Waals surface area contributed by atoms with E-state index in [0.29, 0.717) is 0 Å². The number of rotatable bonds is 3. The van der Waals surface area contributed by atoms with E-state index < -0.39 is 0 Å². The summed E-state index contributed by atoms with van der Waals surface area (Å²) in [6.45, 7) is 4.07. The van der Waals surface area contributed by atoms with Crippen LogP contribution in [0, 0.1) is 5.92 Å². The van der Waals surface area contributed by atoms with Gasteiger partial charge in [-0.15, -0.1) is 0 Å². The number of hydrogen-bond donors (Lipinski definition) is 0. The third-order valence-electron chi connectivity index (χ3n) is 3.08. The maximum absolute atomic E-state index is 12.2. The van der Waals surface area contributed by atoms with Gasteiger partial charge in [0.1, 0.15) is 0 Å². The van der Waals surface area contributed by atoms with Gasteiger partial charge < -0.3 is 0 Å². The van der Waals surface area contributed by atoms with Crippen LogP contribution in [-0.2, 0) is 0 Å². The smallest absolute Gasteiger partial charge is 0.169 e. The zero-order chi connectivity index (χ0) is 11.5. The fourth-order valence-electron chi connectivity index (χ4n) is 2.01. The molecule has 0 bridgehead atoms. The van der Waals surface area contributed by atoms with Gasteiger partial charge >= 0.3 is 0 Å². The van der Waals surface area contributed by atoms with E-state index in [1.54, 1.807) is 0 Å². The molecular weight excluding hydrogens is 196 g/mol. The van der Waals surface area contributed by atoms with E-state index >= 15 is 0 Å². The molecule has 1 aromatic rings. The Morgan fingerprint density at radius 3 is 2.50 bits per heavy atom. The molecule has 0 spiro atoms. The number of benzene rings is 1. The average Bonchev–Trinajstić information content (AvgIpc) is 2.75. The standard InChI is InChI=1S/C15H16O/c1-11-8-9-14(10-11)12(2)15(16)13-6-4-3-5-7-13/h3-8,10,12H,9H2,1-2H3. The molecule has 0 aliphatic heterocycles. The van der Waals surface area contributed by atoms with E-state index in [4.69, 9.17) is 0 Å². The number of Topliss-reactive ketones (excluding diaryl/α,β-unsaturated/α-hetero) is 1. The average molecular weight is 212 g/mol. The van der Waals surface area contributed by atoms with E-state index in [0.717, 1.165) is 12.0 Å². The largest absolute Gasteiger partial charge is 0.294 e. The normalized spacial score (nSPS) is 16.6. The van der Waals surface area contributed by atoms with Gasteiger partial charge in [-0.2, -0.15) is 0 Å². The maximum Gasteiger partial charge on any atom is 0.169 e. The van der Waals surface area contributed by atoms with Gasteiger partial charge in [0.2, 0.25) is 0 Å². The van der Waals surface area contributed by atoms with E-state index in [-0.39, 0.29) is 11.7 Å². The SMILES string of the molecule is CC1=CCC(C(C)C(=O)c2ccccc2)=C1. The maximum atomic E-state index is 12.2. The molecule has 0 amide bonds. The van der Waals surface area contributed by atoms with Crippen molar-refractivity contribution in [3.63, 3.8) is 0 Å². The summed E-state index contributed by atoms with van der Waals surface area (Å²) in [6.07, 6.45) is 5.22. The molecule has 0 fully saturated rings. The Bertz CT molecular complexity index is 452. The number of allylic oxidation sites excluding steroid dienone is 4. The number of carbonyl (C=O) groups excluding carboxylic acids is 1. The van der Waals surface area contributed by atoms with Gasteiger partial charge in [-0.05, 0) is 13.3 Å². The van der Waals surface area contributed by atoms with Crippen LogP contribution in [0.5, 0.6) is 0 Å². The summed E-state index contributed by atoms with van der Waals surface area (Å²) in [5.41, 5.74) is 3.30. The number of ketones is 1. The van der Waals surface area contributed by atoms with Gasteiger partial charge in [0.25, 0.3) is 0 Å². The lowest BCUT2D eigenvalue weighted by Gasteiger charge is -2.11. The highest BCUT2D eigenvalue weighted by Gasteiger charge is 2.20. The van der Waals surface area contributed by atoms with E-state index in [2.05, 4.69) is 19.1 Å². The number of carbonyl (C=O) groups is 1. The van der Waals surface area contributed by atoms with Crippen molar-refractivity contribution in [3.8, 4) is 0 Å². The van der Waals surface area contributed by atoms with Crippen LogP contribution in [0.4, 0.5) is 0 Å². The third kappa shape index (κ3) is 2.13. The van der Waals surface area contributed by atoms with Crippen LogP contribution in [0.2, 0.25) is 0 Å². The Hall–Kier alpha value is -1.63. The van der Waals surface area contributed by atoms with Crippen molar-refractivity contribution in [3.05, 3.63) is 59.2 Å². The zero-order valence-corrected chi connectivity index (χ0v) is 9.73. The Morgan fingerprint density at radius 1 is 1.25 bits per heavy atom. The lowest BCUT2D eigenvalue weighted by molar-refractivity contribution is 0.0947. The first-order chi connectivity index (χ1) is 7.68. The lowest BCUT2D eigenvalue weighted by Crippen LogP contribution is -2.12. The second-order valence-corrected chi connectivity index (χ2v) is 4.32. The van der Waals surface area contributed by atoms with Crippen molar-refractivity contribution in [2.75, 3.05) is 0 Å². The van der Waals surface area contributed by atoms with Crippen LogP contribution >= 0.6 is 0 Å². The van der Waals surface area contributed by atoms with Crippen molar-refractivity contribution >= 4 is 5.78 Å². The summed E-state index contributed by atoms with van der Waals surface area (Å²) < 4.78 is 0. The van der Waals surface area contributed by atoms with Gasteiger partial charge in [-0.1, -0.05) is 60.6 Å². The summed E-state index contributed by atoms with van der Waals surface area (Å²) >= 11 is 0. The molecule has 82 valence electrons. The summed E-state index contributed by atoms with van der Waals surface area (Å²) in [4.78, 5) is 12.2. The molecule has 1 unspecified atom stereocenters. The molecule has 0 saturated heterocycles. The molecule has 1 atom stereocenters. The summed E-state index contributed by atoms with van der Waals surface area (Å²) in [7, 11) is 0. The molecule has 1 heteroatoms. The predicted octanol–water partition coefficient (Wildman–Crippen LogP) is 3.78. The minimum Gasteiger partial charge on any atom is -0.294 e. The summed E-state index contributed by atoms with van der Waals surface area (Å²) in [6, 6.07) is 9.52. The number of hydrogen-bond acceptors (Lipinski definition) is 1. The van der Waals surface area contributed by atoms with Crippen molar-refractivity contribution < 1.29 is 4.79 Å². The molecule has 1 aromatic carbocycles. The molecule has 1 nitrogen and oxygen atoms in total. The molecule has 2 rings (SSSR count). The van der Waals surface area contributed by atoms with E-state index in [9.17, 15) is 4.79 Å². The van der Waals surface area contributed by atoms with Crippen LogP contribution in [0.15, 0.2) is 53.6 Å². The molecule has 0 N–H and O–H groups in total. The highest BCUT2D eigenvalue weighted by molar-refractivity contribution is 5.99. The van der Waals surface area contributed by atoms with E-state index in [1.807, 2.05) is 37.3 Å². The fourth-order valence-corrected chi connectivity index (χ4v) is 2.01. The van der Waals surface area contributed by atoms with Crippen LogP contribution in [0.1, 0.15) is 30.6 Å². The van der Waals surface area contributed by atoms with Gasteiger partial charge in [-0.3, -0.25) is 4.79 Å². The van der Waals surface area contributed by atoms with Crippen molar-refractivity contribution in [2.24, 2.45) is 5.92 Å². The van der Waals surface area contributed by atoms with Crippen molar-refractivity contribution in [1.29, 1.82) is 0 Å². The van der Waals surface area contributed by atoms with Crippen molar-refractivity contribution in [1.82, 2.24) is 0 Å². The first kappa shape index (κ1) is 10.9. The van der Waals surface area contributed by atoms with E-state index in [1.165, 1.54) is 11.1 Å². The molecule has 0 radical (unpaired) electrons. The highest BCUT2D eigenvalue weighted by atomic mass is 16.1. The predicted molar refractivity (Wildman–Crippen MR) is 66.4 cm³/mol. The van der Waals surface area contributed by atoms with Crippen LogP contribution < -0.4 is 0 Å². The lowest BCUT2D eigenvalue weighted by atomic mass is 9.91. The van der Waals surface area contributed by atoms with Crippen LogP contribution in [0.25, 0.3) is 0 Å². The second-order valence-electron chi connectivity index (χ2n) is 4.32. The Morgan fingerprint density at radius 2 is 1.94 bits per heavy atom. The zero-order valence-electron chi connectivity index (χ0n) is 9.73. The quantitative estimate of drug-likeness (QED) is 0.697. The van der Waals surface area contributed by atoms with Crippen LogP contribution in [-0.4, -0.2) is 5.78 Å².